The van der Waals surface area contributed by atoms with Crippen LogP contribution in [0, 0.1) is 0 Å². The van der Waals surface area contributed by atoms with Crippen molar-refractivity contribution in [3.63, 3.8) is 0 Å². The Kier molecular flexibility index (Phi) is 9.59. The minimum Gasteiger partial charge on any atom is -0.462 e. The maximum Gasteiger partial charge on any atom is 0.333 e. The zero-order chi connectivity index (χ0) is 28.1. The number of nitrogens with one attached hydrogen (secondary N) is 1. The molecule has 0 unspecified atom stereocenters. The molecule has 1 heterocycles. The zero-order valence-electron chi connectivity index (χ0n) is 24.2. The number of rotatable bonds is 9. The summed E-state index contributed by atoms with van der Waals surface area (Å²) in [7, 11) is 0. The van der Waals surface area contributed by atoms with Gasteiger partial charge in [0.1, 0.15) is 6.10 Å². The fraction of sp³-hybridized carbons (Fsp3) is 0.515. The number of hydrogen-bond donors (Lipinski definition) is 1. The highest BCUT2D eigenvalue weighted by atomic mass is 16.5. The molecule has 1 aliphatic heterocycles. The maximum atomic E-state index is 12.4. The van der Waals surface area contributed by atoms with Gasteiger partial charge in [0.2, 0.25) is 0 Å². The van der Waals surface area contributed by atoms with Crippen LogP contribution in [0.5, 0.6) is 0 Å². The third-order valence-corrected chi connectivity index (χ3v) is 7.20. The van der Waals surface area contributed by atoms with Crippen molar-refractivity contribution in [2.75, 3.05) is 13.2 Å². The lowest BCUT2D eigenvalue weighted by Gasteiger charge is -2.27. The van der Waals surface area contributed by atoms with Crippen LogP contribution in [-0.4, -0.2) is 37.2 Å². The SMILES string of the molecule is C=C(C)C(=O)OCCCC(=O)O[C@H]1CN[C@@H](C(c2ccc(C(C)(C)C)cc2)c2ccc(C(C)(C)C)cc2)C1. The number of carbonyl (C=O) groups excluding carboxylic acids is 2. The van der Waals surface area contributed by atoms with E-state index in [-0.39, 0.29) is 47.9 Å². The molecule has 1 saturated heterocycles. The quantitative estimate of drug-likeness (QED) is 0.230. The molecular formula is C33H45NO4. The monoisotopic (exact) mass is 519 g/mol. The van der Waals surface area contributed by atoms with Gasteiger partial charge in [-0.2, -0.15) is 0 Å². The van der Waals surface area contributed by atoms with Gasteiger partial charge in [-0.1, -0.05) is 96.7 Å². The van der Waals surface area contributed by atoms with Gasteiger partial charge in [-0.05, 0) is 46.4 Å². The normalized spacial score (nSPS) is 17.9. The standard InChI is InChI=1S/C33H45NO4/c1-22(2)31(36)37-19-9-10-29(35)38-27-20-28(34-21-27)30(23-11-15-25(16-12-23)32(3,4)5)24-13-17-26(18-14-24)33(6,7)8/h11-18,27-28,30,34H,1,9-10,19-21H2,2-8H3/t27-,28-/m1/s1. The second-order valence-corrected chi connectivity index (χ2v) is 12.6. The summed E-state index contributed by atoms with van der Waals surface area (Å²) < 4.78 is 10.9. The number of carbonyl (C=O) groups is 2. The van der Waals surface area contributed by atoms with Crippen LogP contribution in [0.4, 0.5) is 0 Å². The van der Waals surface area contributed by atoms with Gasteiger partial charge in [0.25, 0.3) is 0 Å². The molecule has 2 aromatic rings. The van der Waals surface area contributed by atoms with Crippen LogP contribution >= 0.6 is 0 Å². The Hall–Kier alpha value is -2.92. The first-order chi connectivity index (χ1) is 17.8. The molecule has 0 aromatic heterocycles. The Labute approximate surface area is 229 Å². The van der Waals surface area contributed by atoms with E-state index >= 15 is 0 Å². The summed E-state index contributed by atoms with van der Waals surface area (Å²) in [5.41, 5.74) is 5.67. The summed E-state index contributed by atoms with van der Waals surface area (Å²) in [4.78, 5) is 23.9. The minimum atomic E-state index is -0.432. The molecule has 1 fully saturated rings. The Bertz CT molecular complexity index is 1050. The second kappa shape index (κ2) is 12.3. The highest BCUT2D eigenvalue weighted by molar-refractivity contribution is 5.86. The van der Waals surface area contributed by atoms with Crippen molar-refractivity contribution in [1.82, 2.24) is 5.32 Å². The van der Waals surface area contributed by atoms with Gasteiger partial charge in [0.05, 0.1) is 6.61 Å². The van der Waals surface area contributed by atoms with Crippen LogP contribution in [0.3, 0.4) is 0 Å². The van der Waals surface area contributed by atoms with E-state index in [1.807, 2.05) is 0 Å². The highest BCUT2D eigenvalue weighted by Crippen LogP contribution is 2.35. The van der Waals surface area contributed by atoms with E-state index in [2.05, 4.69) is 102 Å². The Morgan fingerprint density at radius 2 is 1.42 bits per heavy atom. The van der Waals surface area contributed by atoms with E-state index < -0.39 is 5.97 Å². The molecule has 3 rings (SSSR count). The fourth-order valence-electron chi connectivity index (χ4n) is 4.86. The zero-order valence-corrected chi connectivity index (χ0v) is 24.2. The lowest BCUT2D eigenvalue weighted by Crippen LogP contribution is -2.30. The van der Waals surface area contributed by atoms with Crippen molar-refractivity contribution in [2.24, 2.45) is 0 Å². The third-order valence-electron chi connectivity index (χ3n) is 7.20. The summed E-state index contributed by atoms with van der Waals surface area (Å²) in [6.45, 7) is 19.3. The van der Waals surface area contributed by atoms with Gasteiger partial charge in [-0.25, -0.2) is 4.79 Å². The Morgan fingerprint density at radius 3 is 1.87 bits per heavy atom. The summed E-state index contributed by atoms with van der Waals surface area (Å²) in [5, 5.41) is 3.64. The average Bonchev–Trinajstić information content (AvgIpc) is 3.29. The predicted molar refractivity (Wildman–Crippen MR) is 153 cm³/mol. The molecule has 1 N–H and O–H groups in total. The van der Waals surface area contributed by atoms with Crippen molar-refractivity contribution in [2.45, 2.75) is 96.6 Å². The Morgan fingerprint density at radius 1 is 0.921 bits per heavy atom. The summed E-state index contributed by atoms with van der Waals surface area (Å²) in [6.07, 6.45) is 1.21. The van der Waals surface area contributed by atoms with Crippen LogP contribution in [0.25, 0.3) is 0 Å². The van der Waals surface area contributed by atoms with Crippen LogP contribution < -0.4 is 5.32 Å². The van der Waals surface area contributed by atoms with E-state index in [1.54, 1.807) is 6.92 Å². The topological polar surface area (TPSA) is 64.6 Å². The molecule has 1 aliphatic rings. The number of ether oxygens (including phenoxy) is 2. The molecule has 5 heteroatoms. The van der Waals surface area contributed by atoms with Crippen LogP contribution in [0.2, 0.25) is 0 Å². The molecule has 2 atom stereocenters. The van der Waals surface area contributed by atoms with Crippen LogP contribution in [0.1, 0.15) is 95.9 Å². The van der Waals surface area contributed by atoms with Gasteiger partial charge in [0.15, 0.2) is 0 Å². The molecule has 0 aliphatic carbocycles. The van der Waals surface area contributed by atoms with E-state index in [0.717, 1.165) is 6.42 Å². The molecule has 2 aromatic carbocycles. The lowest BCUT2D eigenvalue weighted by molar-refractivity contribution is -0.149. The van der Waals surface area contributed by atoms with Crippen molar-refractivity contribution in [1.29, 1.82) is 0 Å². The van der Waals surface area contributed by atoms with E-state index in [4.69, 9.17) is 9.47 Å². The van der Waals surface area contributed by atoms with Crippen LogP contribution in [-0.2, 0) is 29.9 Å². The number of hydrogen-bond acceptors (Lipinski definition) is 5. The van der Waals surface area contributed by atoms with Gasteiger partial charge in [-0.3, -0.25) is 4.79 Å². The molecule has 5 nitrogen and oxygen atoms in total. The second-order valence-electron chi connectivity index (χ2n) is 12.6. The van der Waals surface area contributed by atoms with Gasteiger partial charge >= 0.3 is 11.9 Å². The summed E-state index contributed by atoms with van der Waals surface area (Å²) >= 11 is 0. The Balaban J connectivity index is 1.71. The third kappa shape index (κ3) is 8.04. The van der Waals surface area contributed by atoms with Gasteiger partial charge < -0.3 is 14.8 Å². The minimum absolute atomic E-state index is 0.0934. The predicted octanol–water partition coefficient (Wildman–Crippen LogP) is 6.59. The van der Waals surface area contributed by atoms with E-state index in [1.165, 1.54) is 22.3 Å². The highest BCUT2D eigenvalue weighted by Gasteiger charge is 2.34. The van der Waals surface area contributed by atoms with E-state index in [9.17, 15) is 9.59 Å². The molecule has 0 spiro atoms. The number of esters is 2. The van der Waals surface area contributed by atoms with E-state index in [0.29, 0.717) is 18.5 Å². The first kappa shape index (κ1) is 29.6. The average molecular weight is 520 g/mol. The molecule has 0 saturated carbocycles. The van der Waals surface area contributed by atoms with Crippen molar-refractivity contribution >= 4 is 11.9 Å². The van der Waals surface area contributed by atoms with Crippen molar-refractivity contribution in [3.8, 4) is 0 Å². The van der Waals surface area contributed by atoms with Crippen molar-refractivity contribution < 1.29 is 19.1 Å². The van der Waals surface area contributed by atoms with Crippen LogP contribution in [0.15, 0.2) is 60.7 Å². The smallest absolute Gasteiger partial charge is 0.333 e. The maximum absolute atomic E-state index is 12.4. The molecule has 0 bridgehead atoms. The molecule has 0 amide bonds. The van der Waals surface area contributed by atoms with Gasteiger partial charge in [0, 0.05) is 36.9 Å². The summed E-state index contributed by atoms with van der Waals surface area (Å²) in [5.74, 6) is -0.550. The molecule has 0 radical (unpaired) electrons. The first-order valence-electron chi connectivity index (χ1n) is 13.7. The molecule has 206 valence electrons. The first-order valence-corrected chi connectivity index (χ1v) is 13.7. The lowest BCUT2D eigenvalue weighted by atomic mass is 9.80. The van der Waals surface area contributed by atoms with Gasteiger partial charge in [-0.15, -0.1) is 0 Å². The largest absolute Gasteiger partial charge is 0.462 e. The summed E-state index contributed by atoms with van der Waals surface area (Å²) in [6, 6.07) is 18.1. The number of benzene rings is 2. The fourth-order valence-corrected chi connectivity index (χ4v) is 4.86. The molecule has 38 heavy (non-hydrogen) atoms. The van der Waals surface area contributed by atoms with Crippen molar-refractivity contribution in [3.05, 3.63) is 82.9 Å². The molecular weight excluding hydrogens is 474 g/mol.